The first-order valence-electron chi connectivity index (χ1n) is 18.4. The van der Waals surface area contributed by atoms with E-state index in [0.29, 0.717) is 144 Å². The molecule has 8 nitrogen and oxygen atoms in total. The molecule has 0 aliphatic heterocycles. The number of nitrogens with zero attached hydrogens (tertiary/aromatic N) is 3. The van der Waals surface area contributed by atoms with Gasteiger partial charge in [-0.25, -0.2) is 0 Å². The number of phenolic OH excluding ortho intramolecular Hbond substituents is 5. The van der Waals surface area contributed by atoms with Gasteiger partial charge in [0.15, 0.2) is 0 Å². The third-order valence-corrected chi connectivity index (χ3v) is 30.1. The van der Waals surface area contributed by atoms with Crippen molar-refractivity contribution in [1.29, 1.82) is 0 Å². The van der Waals surface area contributed by atoms with E-state index in [2.05, 4.69) is 241 Å². The maximum atomic E-state index is 11.0. The summed E-state index contributed by atoms with van der Waals surface area (Å²) in [5, 5.41) is 54.6. The minimum atomic E-state index is 0. The summed E-state index contributed by atoms with van der Waals surface area (Å²) < 4.78 is 6.22. The third kappa shape index (κ3) is 15.1. The van der Waals surface area contributed by atoms with Gasteiger partial charge in [0, 0.05) is 129 Å². The maximum absolute atomic E-state index is 11.0. The molecule has 0 aliphatic carbocycles. The van der Waals surface area contributed by atoms with Gasteiger partial charge in [-0.05, 0) is 254 Å². The molecule has 0 aliphatic rings. The van der Waals surface area contributed by atoms with Gasteiger partial charge in [-0.1, -0.05) is 0 Å². The quantitative estimate of drug-likeness (QED) is 0.0350. The number of hydrogen-bond donors (Lipinski definition) is 15. The third-order valence-electron chi connectivity index (χ3n) is 10.4. The Bertz CT molecular complexity index is 2390. The van der Waals surface area contributed by atoms with Crippen molar-refractivity contribution < 1.29 is 46.6 Å². The van der Waals surface area contributed by atoms with E-state index in [1.54, 1.807) is 0 Å². The molecule has 0 saturated heterocycles. The standard InChI is InChI=1S/C39H33I10N3O5S10.W/c40-15-25(53)16(41)31(59)10(30(15)58)5-50(1-3-51(6-11-32(60)17(42)26(54)18(43)33(11)61)7-12-34(62)19(44)27(55)20(45)35(12)63)2-4-52(8-13-36(64)21(46)28(56)22(47)37(13)65)9-14-38(66)23(48)29(57)24(49)39(14)67;/h53-67H,1-9H2;. The second-order valence-electron chi connectivity index (χ2n) is 14.5. The second kappa shape index (κ2) is 29.4. The molecule has 0 atom stereocenters. The molecule has 0 fully saturated rings. The van der Waals surface area contributed by atoms with Crippen LogP contribution in [0.2, 0.25) is 0 Å². The molecular weight excluding hydrogens is 2360 g/mol. The molecule has 0 spiro atoms. The van der Waals surface area contributed by atoms with Crippen LogP contribution in [-0.2, 0) is 53.8 Å². The summed E-state index contributed by atoms with van der Waals surface area (Å²) in [5.41, 5.74) is 4.20. The number of rotatable bonds is 16. The average molecular weight is 2400 g/mol. The molecule has 68 heavy (non-hydrogen) atoms. The summed E-state index contributed by atoms with van der Waals surface area (Å²) in [7, 11) is 0. The Balaban J connectivity index is 0.0000101. The van der Waals surface area contributed by atoms with Gasteiger partial charge in [-0.15, -0.1) is 126 Å². The Morgan fingerprint density at radius 3 is 0.515 bits per heavy atom. The van der Waals surface area contributed by atoms with Crippen LogP contribution in [0, 0.1) is 35.7 Å². The van der Waals surface area contributed by atoms with Crippen molar-refractivity contribution >= 4 is 352 Å². The average Bonchev–Trinajstić information content (AvgIpc) is 3.31. The molecular formula is C39H33I10N3O5S10W. The van der Waals surface area contributed by atoms with E-state index in [-0.39, 0.29) is 49.8 Å². The summed E-state index contributed by atoms with van der Waals surface area (Å²) in [4.78, 5) is 13.1. The monoisotopic (exact) mass is 2400 g/mol. The largest absolute Gasteiger partial charge is 0.506 e. The van der Waals surface area contributed by atoms with Gasteiger partial charge < -0.3 is 25.5 Å². The van der Waals surface area contributed by atoms with Crippen LogP contribution in [-0.4, -0.2) is 66.4 Å². The smallest absolute Gasteiger partial charge is 0.144 e. The van der Waals surface area contributed by atoms with Gasteiger partial charge in [-0.3, -0.25) is 14.7 Å². The summed E-state index contributed by atoms with van der Waals surface area (Å²) in [6, 6.07) is 0. The van der Waals surface area contributed by atoms with Crippen molar-refractivity contribution in [2.24, 2.45) is 0 Å². The van der Waals surface area contributed by atoms with Gasteiger partial charge in [0.2, 0.25) is 0 Å². The molecule has 5 rings (SSSR count). The van der Waals surface area contributed by atoms with Crippen molar-refractivity contribution in [3.05, 3.63) is 63.5 Å². The van der Waals surface area contributed by atoms with E-state index in [0.717, 1.165) is 27.8 Å². The van der Waals surface area contributed by atoms with Gasteiger partial charge in [0.05, 0.1) is 35.7 Å². The van der Waals surface area contributed by atoms with E-state index in [9.17, 15) is 25.5 Å². The van der Waals surface area contributed by atoms with E-state index in [1.165, 1.54) is 0 Å². The van der Waals surface area contributed by atoms with Gasteiger partial charge in [-0.2, -0.15) is 0 Å². The van der Waals surface area contributed by atoms with E-state index >= 15 is 0 Å². The van der Waals surface area contributed by atoms with Crippen LogP contribution in [0.3, 0.4) is 0 Å². The minimum absolute atomic E-state index is 0. The summed E-state index contributed by atoms with van der Waals surface area (Å²) >= 11 is 70.1. The van der Waals surface area contributed by atoms with Crippen molar-refractivity contribution in [2.75, 3.05) is 26.2 Å². The SMILES string of the molecule is Oc1c(I)c(S)c(CN(CCN(Cc2c(S)c(I)c(O)c(I)c2S)Cc2c(S)c(I)c(O)c(I)c2S)CCN(Cc2c(S)c(I)c(O)c(I)c2S)Cc2c(S)c(I)c(O)c(I)c2S)c(S)c1I.[W]. The predicted octanol–water partition coefficient (Wildman–Crippen LogP) is 15.4. The van der Waals surface area contributed by atoms with Crippen LogP contribution in [0.5, 0.6) is 28.7 Å². The first-order chi connectivity index (χ1) is 31.1. The number of halogens is 10. The molecule has 0 radical (unpaired) electrons. The van der Waals surface area contributed by atoms with Crippen LogP contribution in [0.1, 0.15) is 27.8 Å². The van der Waals surface area contributed by atoms with Crippen LogP contribution < -0.4 is 0 Å². The zero-order valence-corrected chi connectivity index (χ0v) is 67.1. The number of thiol groups is 10. The summed E-state index contributed by atoms with van der Waals surface area (Å²) in [6.45, 7) is 4.03. The Morgan fingerprint density at radius 1 is 0.250 bits per heavy atom. The molecule has 0 unspecified atom stereocenters. The predicted molar refractivity (Wildman–Crippen MR) is 384 cm³/mol. The number of hydrogen-bond acceptors (Lipinski definition) is 18. The Morgan fingerprint density at radius 2 is 0.368 bits per heavy atom. The fourth-order valence-corrected chi connectivity index (χ4v) is 18.5. The first kappa shape index (κ1) is 67.0. The molecule has 0 heterocycles. The topological polar surface area (TPSA) is 111 Å². The Kier molecular flexibility index (Phi) is 29.0. The first-order valence-corrected chi connectivity index (χ1v) is 33.6. The van der Waals surface area contributed by atoms with Crippen molar-refractivity contribution in [3.8, 4) is 28.7 Å². The molecule has 29 heteroatoms. The fourth-order valence-electron chi connectivity index (χ4n) is 6.62. The van der Waals surface area contributed by atoms with Crippen LogP contribution in [0.4, 0.5) is 0 Å². The van der Waals surface area contributed by atoms with Crippen molar-refractivity contribution in [2.45, 2.75) is 81.7 Å². The summed E-state index contributed by atoms with van der Waals surface area (Å²) in [6.07, 6.45) is 0. The fraction of sp³-hybridized carbons (Fsp3) is 0.231. The van der Waals surface area contributed by atoms with Crippen LogP contribution >= 0.6 is 352 Å². The van der Waals surface area contributed by atoms with Gasteiger partial charge >= 0.3 is 0 Å². The second-order valence-corrected chi connectivity index (χ2v) is 29.7. The molecule has 0 bridgehead atoms. The Labute approximate surface area is 601 Å². The molecule has 0 aromatic heterocycles. The van der Waals surface area contributed by atoms with E-state index < -0.39 is 0 Å². The van der Waals surface area contributed by atoms with Crippen LogP contribution in [0.15, 0.2) is 49.0 Å². The number of phenols is 5. The van der Waals surface area contributed by atoms with Gasteiger partial charge in [0.1, 0.15) is 28.7 Å². The van der Waals surface area contributed by atoms with E-state index in [4.69, 9.17) is 126 Å². The molecule has 5 N–H and O–H groups in total. The normalized spacial score (nSPS) is 11.8. The summed E-state index contributed by atoms with van der Waals surface area (Å²) in [5.74, 6) is 0.634. The maximum Gasteiger partial charge on any atom is 0.144 e. The molecule has 5 aromatic carbocycles. The zero-order valence-electron chi connectivity index (χ0n) is 33.6. The number of aromatic hydroxyl groups is 5. The number of benzene rings is 5. The van der Waals surface area contributed by atoms with E-state index in [1.807, 2.05) is 0 Å². The molecule has 0 amide bonds. The Hall–Kier alpha value is 6.47. The van der Waals surface area contributed by atoms with Crippen LogP contribution in [0.25, 0.3) is 0 Å². The zero-order chi connectivity index (χ0) is 50.4. The minimum Gasteiger partial charge on any atom is -0.506 e. The molecule has 0 saturated carbocycles. The molecule has 5 aromatic rings. The molecule has 370 valence electrons. The van der Waals surface area contributed by atoms with Gasteiger partial charge in [0.25, 0.3) is 0 Å². The van der Waals surface area contributed by atoms with Crippen molar-refractivity contribution in [1.82, 2.24) is 14.7 Å². The van der Waals surface area contributed by atoms with Crippen molar-refractivity contribution in [3.63, 3.8) is 0 Å².